The molecule has 304 valence electrons. The number of unbranched alkanes of at least 4 members (excludes halogenated alkanes) is 16. The summed E-state index contributed by atoms with van der Waals surface area (Å²) in [6.07, 6.45) is 42.6. The highest BCUT2D eigenvalue weighted by Crippen LogP contribution is 2.38. The summed E-state index contributed by atoms with van der Waals surface area (Å²) in [6.45, 7) is 5.24. The predicted octanol–water partition coefficient (Wildman–Crippen LogP) is 11.4. The van der Waals surface area contributed by atoms with Crippen molar-refractivity contribution in [2.24, 2.45) is 0 Å². The first-order valence-electron chi connectivity index (χ1n) is 20.9. The number of rotatable bonds is 38. The third-order valence-electron chi connectivity index (χ3n) is 8.64. The number of carbonyl (C=O) groups is 1. The molecular formula is C43H80NO7P. The van der Waals surface area contributed by atoms with E-state index in [9.17, 15) is 14.3 Å². The number of phosphoric acid groups is 1. The smallest absolute Gasteiger partial charge is 0.306 e. The van der Waals surface area contributed by atoms with E-state index in [0.717, 1.165) is 70.6 Å². The Kier molecular flexibility index (Phi) is 35.4. The van der Waals surface area contributed by atoms with Crippen molar-refractivity contribution in [3.8, 4) is 0 Å². The van der Waals surface area contributed by atoms with Gasteiger partial charge in [-0.3, -0.25) is 9.36 Å². The minimum atomic E-state index is -4.53. The highest BCUT2D eigenvalue weighted by Gasteiger charge is 2.20. The van der Waals surface area contributed by atoms with Crippen molar-refractivity contribution in [2.75, 3.05) is 54.1 Å². The van der Waals surface area contributed by atoms with Crippen molar-refractivity contribution in [2.45, 2.75) is 168 Å². The number of likely N-dealkylation sites (N-methyl/N-ethyl adjacent to an activating group) is 1. The fraction of sp³-hybridized carbons (Fsp3) is 0.791. The third kappa shape index (κ3) is 39.7. The summed E-state index contributed by atoms with van der Waals surface area (Å²) in [5, 5.41) is 0. The number of quaternary nitrogens is 1. The normalized spacial score (nSPS) is 14.3. The van der Waals surface area contributed by atoms with E-state index in [1.807, 2.05) is 21.1 Å². The molecule has 8 nitrogen and oxygen atoms in total. The molecule has 2 unspecified atom stereocenters. The summed E-state index contributed by atoms with van der Waals surface area (Å²) in [5.41, 5.74) is 0. The zero-order valence-electron chi connectivity index (χ0n) is 34.2. The van der Waals surface area contributed by atoms with Crippen LogP contribution < -0.4 is 4.89 Å². The quantitative estimate of drug-likeness (QED) is 0.0204. The molecule has 0 bridgehead atoms. The lowest BCUT2D eigenvalue weighted by atomic mass is 10.0. The third-order valence-corrected chi connectivity index (χ3v) is 9.61. The Hall–Kier alpha value is -1.54. The molecule has 0 saturated carbocycles. The zero-order valence-corrected chi connectivity index (χ0v) is 35.1. The lowest BCUT2D eigenvalue weighted by Gasteiger charge is -2.28. The number of hydrogen-bond donors (Lipinski definition) is 0. The summed E-state index contributed by atoms with van der Waals surface area (Å²) in [4.78, 5) is 25.0. The van der Waals surface area contributed by atoms with E-state index in [2.05, 4.69) is 62.5 Å². The Balaban J connectivity index is 4.28. The number of esters is 1. The maximum Gasteiger partial charge on any atom is 0.306 e. The van der Waals surface area contributed by atoms with Gasteiger partial charge in [0.25, 0.3) is 7.82 Å². The molecule has 0 aromatic carbocycles. The summed E-state index contributed by atoms with van der Waals surface area (Å²) in [5.74, 6) is -0.343. The second kappa shape index (κ2) is 36.4. The molecule has 0 aliphatic heterocycles. The van der Waals surface area contributed by atoms with Crippen molar-refractivity contribution in [1.82, 2.24) is 0 Å². The topological polar surface area (TPSA) is 94.1 Å². The molecule has 2 atom stereocenters. The molecule has 0 N–H and O–H groups in total. The van der Waals surface area contributed by atoms with E-state index in [1.54, 1.807) is 0 Å². The first-order valence-corrected chi connectivity index (χ1v) is 22.3. The molecule has 0 fully saturated rings. The molecule has 0 amide bonds. The van der Waals surface area contributed by atoms with Crippen molar-refractivity contribution >= 4 is 13.8 Å². The Morgan fingerprint density at radius 3 is 1.67 bits per heavy atom. The van der Waals surface area contributed by atoms with E-state index in [0.29, 0.717) is 24.1 Å². The second-order valence-corrected chi connectivity index (χ2v) is 16.4. The minimum absolute atomic E-state index is 0.0215. The van der Waals surface area contributed by atoms with Crippen LogP contribution in [0.1, 0.15) is 162 Å². The van der Waals surface area contributed by atoms with Crippen molar-refractivity contribution in [3.63, 3.8) is 0 Å². The molecule has 0 radical (unpaired) electrons. The van der Waals surface area contributed by atoms with Crippen LogP contribution in [0.25, 0.3) is 0 Å². The van der Waals surface area contributed by atoms with Crippen LogP contribution in [0, 0.1) is 0 Å². The Morgan fingerprint density at radius 2 is 1.12 bits per heavy atom. The van der Waals surface area contributed by atoms with Gasteiger partial charge >= 0.3 is 5.97 Å². The fourth-order valence-corrected chi connectivity index (χ4v) is 6.15. The predicted molar refractivity (Wildman–Crippen MR) is 217 cm³/mol. The lowest BCUT2D eigenvalue weighted by Crippen LogP contribution is -2.37. The monoisotopic (exact) mass is 754 g/mol. The van der Waals surface area contributed by atoms with E-state index in [4.69, 9.17) is 18.5 Å². The highest BCUT2D eigenvalue weighted by atomic mass is 31.2. The van der Waals surface area contributed by atoms with Crippen LogP contribution in [0.3, 0.4) is 0 Å². The average molecular weight is 754 g/mol. The zero-order chi connectivity index (χ0) is 38.4. The number of nitrogens with zero attached hydrogens (tertiary/aromatic N) is 1. The molecule has 0 spiro atoms. The summed E-state index contributed by atoms with van der Waals surface area (Å²) in [6, 6.07) is 0. The van der Waals surface area contributed by atoms with Gasteiger partial charge in [-0.15, -0.1) is 0 Å². The lowest BCUT2D eigenvalue weighted by molar-refractivity contribution is -0.870. The molecule has 0 aromatic rings. The van der Waals surface area contributed by atoms with Gasteiger partial charge in [-0.2, -0.15) is 0 Å². The van der Waals surface area contributed by atoms with Crippen LogP contribution in [-0.4, -0.2) is 70.7 Å². The number of hydrogen-bond acceptors (Lipinski definition) is 7. The van der Waals surface area contributed by atoms with Gasteiger partial charge in [0.15, 0.2) is 0 Å². The number of carbonyl (C=O) groups excluding carboxylic acids is 1. The van der Waals surface area contributed by atoms with Crippen LogP contribution in [-0.2, 0) is 27.9 Å². The molecule has 0 aliphatic rings. The van der Waals surface area contributed by atoms with Gasteiger partial charge in [0.2, 0.25) is 0 Å². The average Bonchev–Trinajstić information content (AvgIpc) is 3.09. The molecule has 9 heteroatoms. The second-order valence-electron chi connectivity index (χ2n) is 15.0. The molecule has 0 heterocycles. The van der Waals surface area contributed by atoms with Gasteiger partial charge in [0.05, 0.1) is 34.4 Å². The van der Waals surface area contributed by atoms with E-state index in [1.165, 1.54) is 70.6 Å². The first-order chi connectivity index (χ1) is 25.1. The van der Waals surface area contributed by atoms with Crippen LogP contribution in [0.4, 0.5) is 0 Å². The largest absolute Gasteiger partial charge is 0.756 e. The van der Waals surface area contributed by atoms with Gasteiger partial charge in [-0.25, -0.2) is 0 Å². The Labute approximate surface area is 320 Å². The van der Waals surface area contributed by atoms with Crippen LogP contribution in [0.2, 0.25) is 0 Å². The maximum atomic E-state index is 12.6. The van der Waals surface area contributed by atoms with Gasteiger partial charge in [-0.05, 0) is 51.4 Å². The summed E-state index contributed by atoms with van der Waals surface area (Å²) >= 11 is 0. The van der Waals surface area contributed by atoms with Crippen molar-refractivity contribution in [3.05, 3.63) is 48.6 Å². The van der Waals surface area contributed by atoms with E-state index < -0.39 is 13.9 Å². The van der Waals surface area contributed by atoms with Gasteiger partial charge in [0, 0.05) is 13.0 Å². The van der Waals surface area contributed by atoms with Crippen molar-refractivity contribution in [1.29, 1.82) is 0 Å². The standard InChI is InChI=1S/C43H80NO7P/c1-6-8-10-12-14-16-18-20-21-22-23-24-25-27-29-31-33-35-38-48-40-42(41-50-52(46,47)49-39-37-44(3,4)5)51-43(45)36-34-32-30-28-26-19-17-15-13-11-9-7-2/h8,10,14,16,20-21,23-24,42H,6-7,9,11-13,15,17-19,22,25-41H2,1-5H3/b10-8-,16-14-,21-20-,24-23-. The molecule has 0 rings (SSSR count). The van der Waals surface area contributed by atoms with Crippen LogP contribution >= 0.6 is 7.82 Å². The van der Waals surface area contributed by atoms with Crippen LogP contribution in [0.15, 0.2) is 48.6 Å². The highest BCUT2D eigenvalue weighted by molar-refractivity contribution is 7.45. The fourth-order valence-electron chi connectivity index (χ4n) is 5.42. The van der Waals surface area contributed by atoms with Gasteiger partial charge in [-0.1, -0.05) is 152 Å². The minimum Gasteiger partial charge on any atom is -0.756 e. The number of phosphoric ester groups is 1. The van der Waals surface area contributed by atoms with E-state index >= 15 is 0 Å². The number of allylic oxidation sites excluding steroid dienone is 8. The Bertz CT molecular complexity index is 973. The Morgan fingerprint density at radius 1 is 0.615 bits per heavy atom. The molecule has 0 aromatic heterocycles. The van der Waals surface area contributed by atoms with Gasteiger partial charge < -0.3 is 27.9 Å². The van der Waals surface area contributed by atoms with E-state index in [-0.39, 0.29) is 25.8 Å². The SMILES string of the molecule is CC/C=C\C/C=C\C/C=C\C/C=C\CCCCCCCOCC(COP(=O)([O-])OCC[N+](C)(C)C)OC(=O)CCCCCCCCCCCCCC. The first kappa shape index (κ1) is 50.5. The van der Waals surface area contributed by atoms with Gasteiger partial charge in [0.1, 0.15) is 19.3 Å². The molecular weight excluding hydrogens is 673 g/mol. The summed E-state index contributed by atoms with van der Waals surface area (Å²) in [7, 11) is 1.34. The number of ether oxygens (including phenoxy) is 2. The molecule has 0 aliphatic carbocycles. The van der Waals surface area contributed by atoms with Crippen LogP contribution in [0.5, 0.6) is 0 Å². The maximum absolute atomic E-state index is 12.6. The molecule has 52 heavy (non-hydrogen) atoms. The molecule has 0 saturated heterocycles. The summed E-state index contributed by atoms with van der Waals surface area (Å²) < 4.78 is 34.5. The van der Waals surface area contributed by atoms with Crippen molar-refractivity contribution < 1.29 is 37.3 Å².